The first kappa shape index (κ1) is 12.9. The lowest BCUT2D eigenvalue weighted by molar-refractivity contribution is -0.120. The number of nitrogens with two attached hydrogens (primary N) is 1. The van der Waals surface area contributed by atoms with Crippen LogP contribution in [0, 0.1) is 0 Å². The Kier molecular flexibility index (Phi) is 4.20. The fourth-order valence-electron chi connectivity index (χ4n) is 2.52. The van der Waals surface area contributed by atoms with Gasteiger partial charge in [-0.1, -0.05) is 13.0 Å². The number of nitrogens with one attached hydrogen (secondary N) is 1. The lowest BCUT2D eigenvalue weighted by atomic mass is 10.2. The highest BCUT2D eigenvalue weighted by Crippen LogP contribution is 2.20. The molecule has 0 saturated carbocycles. The van der Waals surface area contributed by atoms with Crippen molar-refractivity contribution in [3.05, 3.63) is 24.3 Å². The minimum Gasteiger partial charge on any atom is -0.399 e. The fraction of sp³-hybridized carbons (Fsp3) is 0.500. The summed E-state index contributed by atoms with van der Waals surface area (Å²) in [6.45, 7) is 4.17. The molecule has 0 spiro atoms. The van der Waals surface area contributed by atoms with Crippen LogP contribution < -0.4 is 11.1 Å². The van der Waals surface area contributed by atoms with Crippen molar-refractivity contribution < 1.29 is 4.79 Å². The van der Waals surface area contributed by atoms with Gasteiger partial charge in [-0.25, -0.2) is 0 Å². The van der Waals surface area contributed by atoms with Crippen LogP contribution in [0.5, 0.6) is 0 Å². The van der Waals surface area contributed by atoms with Crippen molar-refractivity contribution in [2.24, 2.45) is 0 Å². The Hall–Kier alpha value is -1.55. The van der Waals surface area contributed by atoms with E-state index < -0.39 is 0 Å². The third-order valence-corrected chi connectivity index (χ3v) is 3.33. The van der Waals surface area contributed by atoms with Gasteiger partial charge < -0.3 is 11.1 Å². The van der Waals surface area contributed by atoms with Crippen molar-refractivity contribution in [1.82, 2.24) is 4.90 Å². The van der Waals surface area contributed by atoms with E-state index >= 15 is 0 Å². The topological polar surface area (TPSA) is 58.4 Å². The second-order valence-corrected chi connectivity index (χ2v) is 4.81. The highest BCUT2D eigenvalue weighted by molar-refractivity contribution is 5.95. The number of hydrogen-bond donors (Lipinski definition) is 2. The van der Waals surface area contributed by atoms with E-state index in [1.807, 2.05) is 18.2 Å². The molecule has 0 bridgehead atoms. The van der Waals surface area contributed by atoms with Crippen LogP contribution in [-0.2, 0) is 4.79 Å². The number of amides is 1. The van der Waals surface area contributed by atoms with Crippen molar-refractivity contribution in [2.75, 3.05) is 24.1 Å². The summed E-state index contributed by atoms with van der Waals surface area (Å²) in [5.41, 5.74) is 7.15. The van der Waals surface area contributed by atoms with E-state index in [0.29, 0.717) is 5.69 Å². The predicted octanol–water partition coefficient (Wildman–Crippen LogP) is 2.08. The van der Waals surface area contributed by atoms with E-state index in [9.17, 15) is 4.79 Å². The molecule has 1 aromatic rings. The number of nitrogens with zero attached hydrogens (tertiary/aromatic N) is 1. The maximum atomic E-state index is 12.2. The summed E-state index contributed by atoms with van der Waals surface area (Å²) in [5.74, 6) is 0.0894. The third-order valence-electron chi connectivity index (χ3n) is 3.33. The summed E-state index contributed by atoms with van der Waals surface area (Å²) in [4.78, 5) is 14.5. The van der Waals surface area contributed by atoms with Gasteiger partial charge in [0.1, 0.15) is 0 Å². The largest absolute Gasteiger partial charge is 0.399 e. The molecule has 98 valence electrons. The Labute approximate surface area is 108 Å². The number of benzene rings is 1. The van der Waals surface area contributed by atoms with E-state index in [0.717, 1.165) is 38.0 Å². The molecular formula is C14H21N3O. The first-order valence-electron chi connectivity index (χ1n) is 6.61. The summed E-state index contributed by atoms with van der Waals surface area (Å²) < 4.78 is 0. The van der Waals surface area contributed by atoms with Gasteiger partial charge in [-0.3, -0.25) is 9.69 Å². The van der Waals surface area contributed by atoms with Crippen LogP contribution in [0.15, 0.2) is 24.3 Å². The van der Waals surface area contributed by atoms with E-state index in [1.54, 1.807) is 6.07 Å². The Morgan fingerprint density at radius 3 is 3.11 bits per heavy atom. The number of likely N-dealkylation sites (tertiary alicyclic amines) is 1. The van der Waals surface area contributed by atoms with Gasteiger partial charge in [-0.15, -0.1) is 0 Å². The van der Waals surface area contributed by atoms with Gasteiger partial charge in [-0.2, -0.15) is 0 Å². The van der Waals surface area contributed by atoms with Gasteiger partial charge in [0.25, 0.3) is 0 Å². The van der Waals surface area contributed by atoms with Crippen LogP contribution in [0.4, 0.5) is 11.4 Å². The second-order valence-electron chi connectivity index (χ2n) is 4.81. The molecule has 18 heavy (non-hydrogen) atoms. The van der Waals surface area contributed by atoms with Crippen molar-refractivity contribution in [1.29, 1.82) is 0 Å². The quantitative estimate of drug-likeness (QED) is 0.801. The normalized spacial score (nSPS) is 19.9. The molecule has 1 fully saturated rings. The zero-order valence-corrected chi connectivity index (χ0v) is 10.9. The summed E-state index contributed by atoms with van der Waals surface area (Å²) in [7, 11) is 0. The summed E-state index contributed by atoms with van der Waals surface area (Å²) in [6, 6.07) is 7.34. The number of anilines is 2. The van der Waals surface area contributed by atoms with E-state index in [2.05, 4.69) is 17.1 Å². The van der Waals surface area contributed by atoms with Crippen molar-refractivity contribution in [3.63, 3.8) is 0 Å². The lowest BCUT2D eigenvalue weighted by Gasteiger charge is -2.22. The molecule has 1 atom stereocenters. The average Bonchev–Trinajstić information content (AvgIpc) is 2.78. The minimum absolute atomic E-state index is 0.0198. The minimum atomic E-state index is 0.0198. The summed E-state index contributed by atoms with van der Waals surface area (Å²) >= 11 is 0. The van der Waals surface area contributed by atoms with Crippen molar-refractivity contribution in [3.8, 4) is 0 Å². The zero-order chi connectivity index (χ0) is 13.0. The van der Waals surface area contributed by atoms with Gasteiger partial charge in [0, 0.05) is 11.4 Å². The molecule has 4 heteroatoms. The van der Waals surface area contributed by atoms with Crippen LogP contribution in [0.25, 0.3) is 0 Å². The number of hydrogen-bond acceptors (Lipinski definition) is 3. The van der Waals surface area contributed by atoms with Gasteiger partial charge in [0.2, 0.25) is 5.91 Å². The maximum Gasteiger partial charge on any atom is 0.241 e. The lowest BCUT2D eigenvalue weighted by Crippen LogP contribution is -2.39. The molecule has 3 N–H and O–H groups in total. The van der Waals surface area contributed by atoms with Gasteiger partial charge >= 0.3 is 0 Å². The van der Waals surface area contributed by atoms with Crippen LogP contribution in [0.3, 0.4) is 0 Å². The smallest absolute Gasteiger partial charge is 0.241 e. The Balaban J connectivity index is 1.99. The van der Waals surface area contributed by atoms with E-state index in [1.165, 1.54) is 0 Å². The van der Waals surface area contributed by atoms with E-state index in [4.69, 9.17) is 5.73 Å². The average molecular weight is 247 g/mol. The summed E-state index contributed by atoms with van der Waals surface area (Å²) in [5, 5.41) is 2.95. The highest BCUT2D eigenvalue weighted by Gasteiger charge is 2.29. The third kappa shape index (κ3) is 3.01. The summed E-state index contributed by atoms with van der Waals surface area (Å²) in [6.07, 6.45) is 3.14. The van der Waals surface area contributed by atoms with E-state index in [-0.39, 0.29) is 11.9 Å². The number of carbonyl (C=O) groups excluding carboxylic acids is 1. The second kappa shape index (κ2) is 5.87. The maximum absolute atomic E-state index is 12.2. The molecule has 4 nitrogen and oxygen atoms in total. The first-order chi connectivity index (χ1) is 8.70. The Morgan fingerprint density at radius 2 is 2.39 bits per heavy atom. The number of carbonyl (C=O) groups is 1. The Bertz CT molecular complexity index is 419. The molecule has 0 aliphatic carbocycles. The molecule has 1 aliphatic rings. The van der Waals surface area contributed by atoms with Gasteiger partial charge in [0.05, 0.1) is 6.04 Å². The SMILES string of the molecule is CCCN1CCCC1C(=O)Nc1cccc(N)c1. The molecule has 1 amide bonds. The molecule has 1 aliphatic heterocycles. The standard InChI is InChI=1S/C14H21N3O/c1-2-8-17-9-4-7-13(17)14(18)16-12-6-3-5-11(15)10-12/h3,5-6,10,13H,2,4,7-9,15H2,1H3,(H,16,18). The Morgan fingerprint density at radius 1 is 1.56 bits per heavy atom. The molecule has 1 unspecified atom stereocenters. The number of rotatable bonds is 4. The zero-order valence-electron chi connectivity index (χ0n) is 10.9. The predicted molar refractivity (Wildman–Crippen MR) is 74.4 cm³/mol. The molecule has 1 aromatic carbocycles. The number of nitrogen functional groups attached to an aromatic ring is 1. The molecule has 1 saturated heterocycles. The van der Waals surface area contributed by atoms with Gasteiger partial charge in [-0.05, 0) is 50.6 Å². The van der Waals surface area contributed by atoms with Crippen LogP contribution in [0.1, 0.15) is 26.2 Å². The van der Waals surface area contributed by atoms with Gasteiger partial charge in [0.15, 0.2) is 0 Å². The first-order valence-corrected chi connectivity index (χ1v) is 6.61. The molecule has 0 aromatic heterocycles. The molecule has 0 radical (unpaired) electrons. The van der Waals surface area contributed by atoms with Crippen molar-refractivity contribution >= 4 is 17.3 Å². The van der Waals surface area contributed by atoms with Crippen molar-refractivity contribution in [2.45, 2.75) is 32.2 Å². The molecular weight excluding hydrogens is 226 g/mol. The monoisotopic (exact) mass is 247 g/mol. The molecule has 1 heterocycles. The van der Waals surface area contributed by atoms with Crippen LogP contribution >= 0.6 is 0 Å². The van der Waals surface area contributed by atoms with Crippen LogP contribution in [-0.4, -0.2) is 29.9 Å². The highest BCUT2D eigenvalue weighted by atomic mass is 16.2. The molecule has 2 rings (SSSR count). The fourth-order valence-corrected chi connectivity index (χ4v) is 2.52. The van der Waals surface area contributed by atoms with Crippen LogP contribution in [0.2, 0.25) is 0 Å².